The first kappa shape index (κ1) is 15.1. The highest BCUT2D eigenvalue weighted by atomic mass is 32.2. The lowest BCUT2D eigenvalue weighted by Crippen LogP contribution is -2.33. The molecule has 0 amide bonds. The smallest absolute Gasteiger partial charge is 0.245 e. The van der Waals surface area contributed by atoms with Crippen LogP contribution in [0.4, 0.5) is 0 Å². The molecule has 7 nitrogen and oxygen atoms in total. The summed E-state index contributed by atoms with van der Waals surface area (Å²) in [5.41, 5.74) is 0.789. The molecule has 2 aromatic heterocycles. The number of rotatable bonds is 4. The summed E-state index contributed by atoms with van der Waals surface area (Å²) in [5, 5.41) is 3.97. The molecule has 22 heavy (non-hydrogen) atoms. The van der Waals surface area contributed by atoms with E-state index in [1.807, 2.05) is 13.8 Å². The number of sulfonamides is 1. The molecule has 118 valence electrons. The van der Waals surface area contributed by atoms with Gasteiger partial charge in [0.05, 0.1) is 5.75 Å². The molecular weight excluding hydrogens is 304 g/mol. The minimum Gasteiger partial charge on any atom is -0.337 e. The van der Waals surface area contributed by atoms with Crippen LogP contribution in [0.5, 0.6) is 0 Å². The van der Waals surface area contributed by atoms with Gasteiger partial charge in [-0.25, -0.2) is 8.42 Å². The Morgan fingerprint density at radius 1 is 1.27 bits per heavy atom. The number of nitrogens with zero attached hydrogens (tertiary/aromatic N) is 4. The fraction of sp³-hybridized carbons (Fsp3) is 0.500. The summed E-state index contributed by atoms with van der Waals surface area (Å²) >= 11 is 0. The minimum atomic E-state index is -3.24. The van der Waals surface area contributed by atoms with E-state index in [0.29, 0.717) is 24.7 Å². The van der Waals surface area contributed by atoms with Gasteiger partial charge in [-0.1, -0.05) is 19.0 Å². The van der Waals surface area contributed by atoms with Crippen LogP contribution in [0.2, 0.25) is 0 Å². The summed E-state index contributed by atoms with van der Waals surface area (Å²) in [7, 11) is -3.24. The van der Waals surface area contributed by atoms with Gasteiger partial charge in [-0.3, -0.25) is 4.98 Å². The van der Waals surface area contributed by atoms with Gasteiger partial charge in [0.2, 0.25) is 21.7 Å². The highest BCUT2D eigenvalue weighted by Crippen LogP contribution is 2.33. The van der Waals surface area contributed by atoms with Crippen molar-refractivity contribution in [2.75, 3.05) is 12.3 Å². The van der Waals surface area contributed by atoms with Crippen molar-refractivity contribution in [1.29, 1.82) is 0 Å². The Labute approximate surface area is 129 Å². The van der Waals surface area contributed by atoms with Crippen molar-refractivity contribution >= 4 is 10.0 Å². The molecule has 8 heteroatoms. The average molecular weight is 322 g/mol. The third-order valence-electron chi connectivity index (χ3n) is 3.71. The summed E-state index contributed by atoms with van der Waals surface area (Å²) < 4.78 is 31.2. The Bertz CT molecular complexity index is 742. The molecule has 0 N–H and O–H groups in total. The molecule has 1 saturated heterocycles. The van der Waals surface area contributed by atoms with Crippen molar-refractivity contribution in [3.63, 3.8) is 0 Å². The molecule has 1 fully saturated rings. The lowest BCUT2D eigenvalue weighted by Gasteiger charge is -2.26. The molecular formula is C14H18N4O3S. The molecule has 3 rings (SSSR count). The van der Waals surface area contributed by atoms with E-state index in [-0.39, 0.29) is 11.7 Å². The number of hydrogen-bond acceptors (Lipinski definition) is 6. The molecule has 0 spiro atoms. The van der Waals surface area contributed by atoms with E-state index in [9.17, 15) is 8.42 Å². The largest absolute Gasteiger partial charge is 0.337 e. The lowest BCUT2D eigenvalue weighted by molar-refractivity contribution is 0.214. The fourth-order valence-electron chi connectivity index (χ4n) is 2.69. The molecule has 0 bridgehead atoms. The molecule has 1 atom stereocenters. The molecule has 1 aliphatic rings. The Hall–Kier alpha value is -1.80. The van der Waals surface area contributed by atoms with Crippen molar-refractivity contribution in [2.45, 2.75) is 26.3 Å². The van der Waals surface area contributed by atoms with Crippen molar-refractivity contribution in [1.82, 2.24) is 19.4 Å². The molecule has 0 unspecified atom stereocenters. The van der Waals surface area contributed by atoms with Gasteiger partial charge in [0, 0.05) is 24.5 Å². The van der Waals surface area contributed by atoms with E-state index in [0.717, 1.165) is 5.56 Å². The van der Waals surface area contributed by atoms with E-state index in [4.69, 9.17) is 4.52 Å². The molecule has 0 aliphatic carbocycles. The second kappa shape index (κ2) is 5.77. The van der Waals surface area contributed by atoms with Crippen LogP contribution in [0, 0.1) is 5.92 Å². The zero-order valence-corrected chi connectivity index (χ0v) is 13.3. The van der Waals surface area contributed by atoms with Crippen LogP contribution >= 0.6 is 0 Å². The van der Waals surface area contributed by atoms with Gasteiger partial charge in [0.1, 0.15) is 6.04 Å². The van der Waals surface area contributed by atoms with Gasteiger partial charge in [-0.2, -0.15) is 9.29 Å². The van der Waals surface area contributed by atoms with Crippen LogP contribution in [0.15, 0.2) is 29.0 Å². The molecule has 0 radical (unpaired) electrons. The molecule has 0 aromatic carbocycles. The highest BCUT2D eigenvalue weighted by molar-refractivity contribution is 7.89. The number of hydrogen-bond donors (Lipinski definition) is 0. The predicted octanol–water partition coefficient (Wildman–Crippen LogP) is 1.86. The minimum absolute atomic E-state index is 0.0404. The van der Waals surface area contributed by atoms with Crippen LogP contribution in [0.25, 0.3) is 11.4 Å². The topological polar surface area (TPSA) is 89.2 Å². The zero-order chi connectivity index (χ0) is 15.7. The third kappa shape index (κ3) is 2.76. The SMILES string of the molecule is CC(C)[C@@H](c1nc(-c2ccncc2)no1)N1CCCS1(=O)=O. The Kier molecular flexibility index (Phi) is 3.96. The lowest BCUT2D eigenvalue weighted by atomic mass is 10.0. The Morgan fingerprint density at radius 3 is 2.59 bits per heavy atom. The number of aromatic nitrogens is 3. The highest BCUT2D eigenvalue weighted by Gasteiger charge is 2.39. The molecule has 1 aliphatic heterocycles. The van der Waals surface area contributed by atoms with Gasteiger partial charge in [0.25, 0.3) is 0 Å². The monoisotopic (exact) mass is 322 g/mol. The standard InChI is InChI=1S/C14H18N4O3S/c1-10(2)12(18-8-3-9-22(18,19)20)14-16-13(17-21-14)11-4-6-15-7-5-11/h4-7,10,12H,3,8-9H2,1-2H3/t12-/m0/s1. The van der Waals surface area contributed by atoms with E-state index < -0.39 is 16.1 Å². The predicted molar refractivity (Wildman–Crippen MR) is 80.2 cm³/mol. The van der Waals surface area contributed by atoms with E-state index in [1.54, 1.807) is 24.5 Å². The maximum atomic E-state index is 12.2. The summed E-state index contributed by atoms with van der Waals surface area (Å²) in [6.45, 7) is 4.40. The first-order chi connectivity index (χ1) is 10.5. The third-order valence-corrected chi connectivity index (χ3v) is 5.64. The Balaban J connectivity index is 1.95. The fourth-order valence-corrected chi connectivity index (χ4v) is 4.50. The first-order valence-electron chi connectivity index (χ1n) is 7.22. The quantitative estimate of drug-likeness (QED) is 0.853. The van der Waals surface area contributed by atoms with Crippen molar-refractivity contribution < 1.29 is 12.9 Å². The molecule has 2 aromatic rings. The van der Waals surface area contributed by atoms with Gasteiger partial charge in [-0.05, 0) is 24.5 Å². The van der Waals surface area contributed by atoms with Gasteiger partial charge in [-0.15, -0.1) is 0 Å². The second-order valence-electron chi connectivity index (χ2n) is 5.66. The van der Waals surface area contributed by atoms with E-state index >= 15 is 0 Å². The normalized spacial score (nSPS) is 19.6. The average Bonchev–Trinajstić information content (AvgIpc) is 3.08. The van der Waals surface area contributed by atoms with Crippen LogP contribution in [-0.2, 0) is 10.0 Å². The van der Waals surface area contributed by atoms with Crippen LogP contribution in [-0.4, -0.2) is 40.1 Å². The second-order valence-corrected chi connectivity index (χ2v) is 7.70. The van der Waals surface area contributed by atoms with Crippen LogP contribution in [0.1, 0.15) is 32.2 Å². The van der Waals surface area contributed by atoms with E-state index in [1.165, 1.54) is 4.31 Å². The van der Waals surface area contributed by atoms with E-state index in [2.05, 4.69) is 15.1 Å². The first-order valence-corrected chi connectivity index (χ1v) is 8.83. The summed E-state index contributed by atoms with van der Waals surface area (Å²) in [4.78, 5) is 8.35. The molecule has 3 heterocycles. The van der Waals surface area contributed by atoms with Crippen LogP contribution < -0.4 is 0 Å². The van der Waals surface area contributed by atoms with Crippen molar-refractivity contribution in [3.05, 3.63) is 30.4 Å². The summed E-state index contributed by atoms with van der Waals surface area (Å²) in [5.74, 6) is 1.01. The Morgan fingerprint density at radius 2 is 2.00 bits per heavy atom. The molecule has 0 saturated carbocycles. The van der Waals surface area contributed by atoms with Crippen LogP contribution in [0.3, 0.4) is 0 Å². The van der Waals surface area contributed by atoms with Crippen molar-refractivity contribution in [3.8, 4) is 11.4 Å². The van der Waals surface area contributed by atoms with Crippen molar-refractivity contribution in [2.24, 2.45) is 5.92 Å². The van der Waals surface area contributed by atoms with Gasteiger partial charge >= 0.3 is 0 Å². The van der Waals surface area contributed by atoms with Gasteiger partial charge in [0.15, 0.2) is 0 Å². The summed E-state index contributed by atoms with van der Waals surface area (Å²) in [6, 6.07) is 3.15. The zero-order valence-electron chi connectivity index (χ0n) is 12.5. The maximum Gasteiger partial charge on any atom is 0.245 e. The summed E-state index contributed by atoms with van der Waals surface area (Å²) in [6.07, 6.45) is 3.93. The van der Waals surface area contributed by atoms with Gasteiger partial charge < -0.3 is 4.52 Å². The maximum absolute atomic E-state index is 12.2. The number of pyridine rings is 1.